The molecule has 0 aromatic heterocycles. The van der Waals surface area contributed by atoms with Gasteiger partial charge in [0.1, 0.15) is 4.90 Å². The molecule has 1 aliphatic heterocycles. The summed E-state index contributed by atoms with van der Waals surface area (Å²) >= 11 is 6.26. The Morgan fingerprint density at radius 3 is 2.45 bits per heavy atom. The molecule has 0 unspecified atom stereocenters. The molecule has 1 heterocycles. The van der Waals surface area contributed by atoms with E-state index in [9.17, 15) is 13.2 Å². The maximum absolute atomic E-state index is 13.3. The molecule has 148 valence electrons. The van der Waals surface area contributed by atoms with E-state index in [1.54, 1.807) is 19.2 Å². The molecule has 5 nitrogen and oxygen atoms in total. The van der Waals surface area contributed by atoms with Gasteiger partial charge in [0.15, 0.2) is 0 Å². The van der Waals surface area contributed by atoms with Crippen molar-refractivity contribution in [3.8, 4) is 0 Å². The molecule has 7 heteroatoms. The quantitative estimate of drug-likeness (QED) is 0.622. The molecule has 0 radical (unpaired) electrons. The van der Waals surface area contributed by atoms with Crippen molar-refractivity contribution in [3.05, 3.63) is 88.9 Å². The predicted molar refractivity (Wildman–Crippen MR) is 115 cm³/mol. The lowest BCUT2D eigenvalue weighted by Crippen LogP contribution is -2.30. The average Bonchev–Trinajstić information content (AvgIpc) is 3.18. The van der Waals surface area contributed by atoms with Gasteiger partial charge in [0, 0.05) is 24.8 Å². The number of sulfonamides is 1. The molecular weight excluding hydrogens is 408 g/mol. The molecule has 0 aliphatic carbocycles. The van der Waals surface area contributed by atoms with Gasteiger partial charge < -0.3 is 4.90 Å². The molecule has 3 aromatic rings. The lowest BCUT2D eigenvalue weighted by atomic mass is 10.2. The summed E-state index contributed by atoms with van der Waals surface area (Å²) in [4.78, 5) is 14.3. The van der Waals surface area contributed by atoms with Crippen LogP contribution in [0.3, 0.4) is 0 Å². The fourth-order valence-corrected chi connectivity index (χ4v) is 5.48. The van der Waals surface area contributed by atoms with Crippen LogP contribution in [0.5, 0.6) is 0 Å². The maximum atomic E-state index is 13.3. The highest BCUT2D eigenvalue weighted by atomic mass is 35.5. The number of fused-ring (bicyclic) bond motifs is 1. The second kappa shape index (κ2) is 7.54. The third kappa shape index (κ3) is 3.50. The smallest absolute Gasteiger partial charge is 0.265 e. The van der Waals surface area contributed by atoms with Gasteiger partial charge in [0.25, 0.3) is 15.9 Å². The molecule has 3 aromatic carbocycles. The Morgan fingerprint density at radius 1 is 1.00 bits per heavy atom. The van der Waals surface area contributed by atoms with Crippen molar-refractivity contribution >= 4 is 38.9 Å². The van der Waals surface area contributed by atoms with Crippen molar-refractivity contribution in [1.82, 2.24) is 0 Å². The molecule has 0 fully saturated rings. The van der Waals surface area contributed by atoms with Crippen molar-refractivity contribution in [2.24, 2.45) is 0 Å². The number of hydrogen-bond acceptors (Lipinski definition) is 3. The summed E-state index contributed by atoms with van der Waals surface area (Å²) in [5.41, 5.74) is 2.60. The third-order valence-electron chi connectivity index (χ3n) is 5.04. The number of anilines is 2. The van der Waals surface area contributed by atoms with Crippen molar-refractivity contribution < 1.29 is 13.2 Å². The lowest BCUT2D eigenvalue weighted by Gasteiger charge is -2.21. The molecule has 0 saturated heterocycles. The van der Waals surface area contributed by atoms with E-state index in [0.29, 0.717) is 24.3 Å². The van der Waals surface area contributed by atoms with Crippen LogP contribution >= 0.6 is 11.6 Å². The molecule has 0 N–H and O–H groups in total. The van der Waals surface area contributed by atoms with Crippen molar-refractivity contribution in [3.63, 3.8) is 0 Å². The number of para-hydroxylation sites is 2. The highest BCUT2D eigenvalue weighted by Gasteiger charge is 2.32. The van der Waals surface area contributed by atoms with E-state index in [1.807, 2.05) is 48.5 Å². The van der Waals surface area contributed by atoms with Crippen LogP contribution in [0.4, 0.5) is 11.4 Å². The first kappa shape index (κ1) is 19.5. The standard InChI is InChI=1S/C22H19ClN2O3S/c1-24(18-8-3-2-4-9-18)22(26)17-11-12-19(23)21(15-17)29(27,28)25-14-13-16-7-5-6-10-20(16)25/h2-12,15H,13-14H2,1H3. The van der Waals surface area contributed by atoms with Gasteiger partial charge in [-0.05, 0) is 48.4 Å². The predicted octanol–water partition coefficient (Wildman–Crippen LogP) is 4.37. The van der Waals surface area contributed by atoms with E-state index in [-0.39, 0.29) is 21.4 Å². The number of halogens is 1. The third-order valence-corrected chi connectivity index (χ3v) is 7.33. The van der Waals surface area contributed by atoms with Gasteiger partial charge in [-0.15, -0.1) is 0 Å². The lowest BCUT2D eigenvalue weighted by molar-refractivity contribution is 0.0993. The Labute approximate surface area is 175 Å². The summed E-state index contributed by atoms with van der Waals surface area (Å²) in [5, 5.41) is 0.0910. The Hall–Kier alpha value is -2.83. The number of nitrogens with zero attached hydrogens (tertiary/aromatic N) is 2. The van der Waals surface area contributed by atoms with Gasteiger partial charge in [-0.25, -0.2) is 8.42 Å². The number of carbonyl (C=O) groups excluding carboxylic acids is 1. The number of amides is 1. The van der Waals surface area contributed by atoms with Crippen LogP contribution in [0.15, 0.2) is 77.7 Å². The summed E-state index contributed by atoms with van der Waals surface area (Å²) in [5.74, 6) is -0.314. The average molecular weight is 427 g/mol. The summed E-state index contributed by atoms with van der Waals surface area (Å²) < 4.78 is 28.1. The van der Waals surface area contributed by atoms with E-state index in [0.717, 1.165) is 5.56 Å². The van der Waals surface area contributed by atoms with Crippen LogP contribution in [0.1, 0.15) is 15.9 Å². The van der Waals surface area contributed by atoms with Crippen LogP contribution in [-0.4, -0.2) is 27.9 Å². The van der Waals surface area contributed by atoms with Gasteiger partial charge in [-0.1, -0.05) is 48.0 Å². The molecule has 1 aliphatic rings. The molecule has 0 spiro atoms. The molecule has 1 amide bonds. The Morgan fingerprint density at radius 2 is 1.69 bits per heavy atom. The molecular formula is C22H19ClN2O3S. The zero-order chi connectivity index (χ0) is 20.6. The first-order chi connectivity index (χ1) is 13.9. The minimum absolute atomic E-state index is 0.0665. The van der Waals surface area contributed by atoms with Crippen LogP contribution < -0.4 is 9.21 Å². The van der Waals surface area contributed by atoms with Gasteiger partial charge in [-0.2, -0.15) is 0 Å². The zero-order valence-electron chi connectivity index (χ0n) is 15.7. The first-order valence-corrected chi connectivity index (χ1v) is 10.9. The first-order valence-electron chi connectivity index (χ1n) is 9.13. The van der Waals surface area contributed by atoms with Gasteiger partial charge in [-0.3, -0.25) is 9.10 Å². The van der Waals surface area contributed by atoms with Gasteiger partial charge in [0.2, 0.25) is 0 Å². The summed E-state index contributed by atoms with van der Waals surface area (Å²) in [7, 11) is -2.25. The fraction of sp³-hybridized carbons (Fsp3) is 0.136. The normalized spacial score (nSPS) is 13.2. The molecule has 0 bridgehead atoms. The van der Waals surface area contributed by atoms with E-state index in [2.05, 4.69) is 0 Å². The molecule has 0 saturated carbocycles. The Balaban J connectivity index is 1.72. The minimum atomic E-state index is -3.90. The molecule has 4 rings (SSSR count). The molecule has 29 heavy (non-hydrogen) atoms. The highest BCUT2D eigenvalue weighted by Crippen LogP contribution is 2.35. The maximum Gasteiger partial charge on any atom is 0.265 e. The van der Waals surface area contributed by atoms with Gasteiger partial charge >= 0.3 is 0 Å². The number of hydrogen-bond donors (Lipinski definition) is 0. The van der Waals surface area contributed by atoms with Crippen molar-refractivity contribution in [1.29, 1.82) is 0 Å². The van der Waals surface area contributed by atoms with Crippen LogP contribution in [0.25, 0.3) is 0 Å². The number of rotatable bonds is 4. The van der Waals surface area contributed by atoms with Crippen LogP contribution in [0, 0.1) is 0 Å². The second-order valence-corrected chi connectivity index (χ2v) is 9.04. The monoisotopic (exact) mass is 426 g/mol. The summed E-state index contributed by atoms with van der Waals surface area (Å²) in [6, 6.07) is 20.9. The number of carbonyl (C=O) groups is 1. The van der Waals surface area contributed by atoms with E-state index < -0.39 is 10.0 Å². The molecule has 0 atom stereocenters. The topological polar surface area (TPSA) is 57.7 Å². The van der Waals surface area contributed by atoms with Crippen molar-refractivity contribution in [2.45, 2.75) is 11.3 Å². The number of benzene rings is 3. The van der Waals surface area contributed by atoms with E-state index in [1.165, 1.54) is 21.3 Å². The SMILES string of the molecule is CN(C(=O)c1ccc(Cl)c(S(=O)(=O)N2CCc3ccccc32)c1)c1ccccc1. The zero-order valence-corrected chi connectivity index (χ0v) is 17.3. The Kier molecular flexibility index (Phi) is 5.06. The fourth-order valence-electron chi connectivity index (χ4n) is 3.47. The largest absolute Gasteiger partial charge is 0.311 e. The van der Waals surface area contributed by atoms with Crippen LogP contribution in [0.2, 0.25) is 5.02 Å². The van der Waals surface area contributed by atoms with E-state index >= 15 is 0 Å². The van der Waals surface area contributed by atoms with E-state index in [4.69, 9.17) is 11.6 Å². The minimum Gasteiger partial charge on any atom is -0.311 e. The summed E-state index contributed by atoms with van der Waals surface area (Å²) in [6.07, 6.45) is 0.641. The second-order valence-electron chi connectivity index (χ2n) is 6.80. The van der Waals surface area contributed by atoms with Crippen molar-refractivity contribution in [2.75, 3.05) is 22.8 Å². The highest BCUT2D eigenvalue weighted by molar-refractivity contribution is 7.93. The van der Waals surface area contributed by atoms with Crippen LogP contribution in [-0.2, 0) is 16.4 Å². The summed E-state index contributed by atoms with van der Waals surface area (Å²) in [6.45, 7) is 0.347. The Bertz CT molecular complexity index is 1180. The van der Waals surface area contributed by atoms with Gasteiger partial charge in [0.05, 0.1) is 10.7 Å².